The minimum Gasteiger partial charge on any atom is -0.338 e. The fraction of sp³-hybridized carbons (Fsp3) is 0.333. The Morgan fingerprint density at radius 2 is 1.40 bits per heavy atom. The van der Waals surface area contributed by atoms with E-state index in [1.165, 1.54) is 35.4 Å². The first-order valence-corrected chi connectivity index (χ1v) is 17.5. The maximum absolute atomic E-state index is 14.5. The van der Waals surface area contributed by atoms with Gasteiger partial charge < -0.3 is 9.80 Å². The summed E-state index contributed by atoms with van der Waals surface area (Å²) in [6, 6.07) is 32.1. The van der Waals surface area contributed by atoms with Crippen molar-refractivity contribution in [3.8, 4) is 0 Å². The normalized spacial score (nSPS) is 14.5. The van der Waals surface area contributed by atoms with Crippen LogP contribution in [0.4, 0.5) is 13.2 Å². The van der Waals surface area contributed by atoms with Crippen molar-refractivity contribution >= 4 is 17.9 Å². The predicted octanol–water partition coefficient (Wildman–Crippen LogP) is 8.44. The molecule has 0 spiro atoms. The zero-order chi connectivity index (χ0) is 35.3. The highest BCUT2D eigenvalue weighted by Crippen LogP contribution is 2.30. The molecule has 0 N–H and O–H groups in total. The molecule has 1 atom stereocenters. The Balaban J connectivity index is 1.42. The van der Waals surface area contributed by atoms with Gasteiger partial charge in [-0.3, -0.25) is 14.5 Å². The predicted molar refractivity (Wildman–Crippen MR) is 193 cm³/mol. The molecular formula is C42H46F3N3O2. The average molecular weight is 682 g/mol. The number of amides is 2. The Hall–Kier alpha value is -4.69. The number of aryl methyl sites for hydroxylation is 1. The lowest BCUT2D eigenvalue weighted by Gasteiger charge is -2.39. The number of nitrogens with zero attached hydrogens (tertiary/aromatic N) is 3. The molecule has 1 aliphatic heterocycles. The monoisotopic (exact) mass is 681 g/mol. The highest BCUT2D eigenvalue weighted by molar-refractivity contribution is 5.95. The number of rotatable bonds is 14. The number of benzene rings is 4. The van der Waals surface area contributed by atoms with Gasteiger partial charge in [-0.15, -0.1) is 0 Å². The largest absolute Gasteiger partial charge is 0.416 e. The summed E-state index contributed by atoms with van der Waals surface area (Å²) in [5.74, 6) is -0.573. The van der Waals surface area contributed by atoms with Gasteiger partial charge in [-0.05, 0) is 58.9 Å². The van der Waals surface area contributed by atoms with Crippen molar-refractivity contribution in [2.45, 2.75) is 64.3 Å². The molecule has 1 saturated heterocycles. The van der Waals surface area contributed by atoms with Crippen molar-refractivity contribution in [3.63, 3.8) is 0 Å². The standard InChI is InChI=1S/C42H46F3N3O2/c1-2-3-6-12-33-19-21-37(22-20-33)32-48(40(49)24-23-35-17-11-18-38(29-35)42(43,44)45)39(30-34-13-7-4-8-14-34)41(50)47-27-25-46(26-28-47)31-36-15-9-5-10-16-36/h4-5,7-11,13-24,29,39H,2-3,6,12,25-28,30-32H2,1H3/b24-23+/t39-/m0/s1. The van der Waals surface area contributed by atoms with Crippen LogP contribution in [-0.2, 0) is 41.7 Å². The molecular weight excluding hydrogens is 635 g/mol. The minimum absolute atomic E-state index is 0.134. The molecule has 262 valence electrons. The van der Waals surface area contributed by atoms with Gasteiger partial charge in [0, 0.05) is 51.8 Å². The summed E-state index contributed by atoms with van der Waals surface area (Å²) in [7, 11) is 0. The molecule has 0 radical (unpaired) electrons. The van der Waals surface area contributed by atoms with Crippen LogP contribution in [0.25, 0.3) is 6.08 Å². The molecule has 5 rings (SSSR count). The molecule has 0 bridgehead atoms. The molecule has 0 aromatic heterocycles. The van der Waals surface area contributed by atoms with E-state index in [1.807, 2.05) is 65.6 Å². The van der Waals surface area contributed by atoms with Crippen LogP contribution in [-0.4, -0.2) is 58.7 Å². The molecule has 8 heteroatoms. The third-order valence-electron chi connectivity index (χ3n) is 9.23. The first kappa shape index (κ1) is 36.6. The van der Waals surface area contributed by atoms with Gasteiger partial charge >= 0.3 is 6.18 Å². The van der Waals surface area contributed by atoms with Crippen LogP contribution in [0.3, 0.4) is 0 Å². The third-order valence-corrected chi connectivity index (χ3v) is 9.23. The number of piperazine rings is 1. The van der Waals surface area contributed by atoms with E-state index in [0.717, 1.165) is 55.5 Å². The van der Waals surface area contributed by atoms with E-state index in [1.54, 1.807) is 4.90 Å². The Bertz CT molecular complexity index is 1680. The molecule has 5 nitrogen and oxygen atoms in total. The van der Waals surface area contributed by atoms with Crippen molar-refractivity contribution in [1.82, 2.24) is 14.7 Å². The fourth-order valence-electron chi connectivity index (χ4n) is 6.36. The minimum atomic E-state index is -4.50. The summed E-state index contributed by atoms with van der Waals surface area (Å²) in [4.78, 5) is 34.4. The summed E-state index contributed by atoms with van der Waals surface area (Å²) in [6.45, 7) is 5.64. The van der Waals surface area contributed by atoms with Crippen molar-refractivity contribution in [1.29, 1.82) is 0 Å². The summed E-state index contributed by atoms with van der Waals surface area (Å²) in [6.07, 6.45) is 2.87. The summed E-state index contributed by atoms with van der Waals surface area (Å²) in [5, 5.41) is 0. The van der Waals surface area contributed by atoms with Gasteiger partial charge in [0.05, 0.1) is 5.56 Å². The van der Waals surface area contributed by atoms with E-state index in [2.05, 4.69) is 36.1 Å². The van der Waals surface area contributed by atoms with Crippen LogP contribution in [0.5, 0.6) is 0 Å². The number of carbonyl (C=O) groups is 2. The Kier molecular flexibility index (Phi) is 13.0. The van der Waals surface area contributed by atoms with Gasteiger partial charge in [0.2, 0.25) is 11.8 Å². The van der Waals surface area contributed by atoms with Crippen LogP contribution < -0.4 is 0 Å². The van der Waals surface area contributed by atoms with Crippen molar-refractivity contribution < 1.29 is 22.8 Å². The smallest absolute Gasteiger partial charge is 0.338 e. The molecule has 0 saturated carbocycles. The summed E-state index contributed by atoms with van der Waals surface area (Å²) >= 11 is 0. The lowest BCUT2D eigenvalue weighted by molar-refractivity contribution is -0.145. The number of hydrogen-bond donors (Lipinski definition) is 0. The second-order valence-electron chi connectivity index (χ2n) is 13.0. The first-order chi connectivity index (χ1) is 24.2. The number of hydrogen-bond acceptors (Lipinski definition) is 3. The van der Waals surface area contributed by atoms with E-state index < -0.39 is 23.7 Å². The molecule has 50 heavy (non-hydrogen) atoms. The maximum atomic E-state index is 14.5. The van der Waals surface area contributed by atoms with Gasteiger partial charge in [-0.1, -0.05) is 117 Å². The van der Waals surface area contributed by atoms with Crippen LogP contribution >= 0.6 is 0 Å². The van der Waals surface area contributed by atoms with Gasteiger partial charge in [0.1, 0.15) is 6.04 Å². The lowest BCUT2D eigenvalue weighted by atomic mass is 10.0. The van der Waals surface area contributed by atoms with Crippen molar-refractivity contribution in [3.05, 3.63) is 149 Å². The Labute approximate surface area is 294 Å². The molecule has 1 fully saturated rings. The Morgan fingerprint density at radius 3 is 2.04 bits per heavy atom. The SMILES string of the molecule is CCCCCc1ccc(CN(C(=O)/C=C/c2cccc(C(F)(F)F)c2)[C@@H](Cc2ccccc2)C(=O)N2CCN(Cc3ccccc3)CC2)cc1. The van der Waals surface area contributed by atoms with Gasteiger partial charge in [0.15, 0.2) is 0 Å². The quantitative estimate of drug-likeness (QED) is 0.0992. The number of halogens is 3. The van der Waals surface area contributed by atoms with E-state index in [9.17, 15) is 22.8 Å². The molecule has 0 unspecified atom stereocenters. The topological polar surface area (TPSA) is 43.9 Å². The van der Waals surface area contributed by atoms with Gasteiger partial charge in [-0.25, -0.2) is 0 Å². The average Bonchev–Trinajstić information content (AvgIpc) is 3.13. The van der Waals surface area contributed by atoms with Gasteiger partial charge in [-0.2, -0.15) is 13.2 Å². The molecule has 4 aromatic rings. The van der Waals surface area contributed by atoms with E-state index in [4.69, 9.17) is 0 Å². The van der Waals surface area contributed by atoms with Crippen molar-refractivity contribution in [2.75, 3.05) is 26.2 Å². The zero-order valence-electron chi connectivity index (χ0n) is 28.7. The van der Waals surface area contributed by atoms with Crippen LogP contribution in [0, 0.1) is 0 Å². The fourth-order valence-corrected chi connectivity index (χ4v) is 6.36. The second kappa shape index (κ2) is 17.8. The second-order valence-corrected chi connectivity index (χ2v) is 13.0. The molecule has 1 heterocycles. The van der Waals surface area contributed by atoms with Crippen LogP contribution in [0.1, 0.15) is 59.6 Å². The number of unbranched alkanes of at least 4 members (excludes halogenated alkanes) is 2. The molecule has 2 amide bonds. The van der Waals surface area contributed by atoms with E-state index in [0.29, 0.717) is 32.6 Å². The lowest BCUT2D eigenvalue weighted by Crippen LogP contribution is -2.56. The van der Waals surface area contributed by atoms with E-state index in [-0.39, 0.29) is 18.0 Å². The molecule has 1 aliphatic rings. The van der Waals surface area contributed by atoms with Crippen molar-refractivity contribution in [2.24, 2.45) is 0 Å². The number of carbonyl (C=O) groups excluding carboxylic acids is 2. The first-order valence-electron chi connectivity index (χ1n) is 17.5. The Morgan fingerprint density at radius 1 is 0.760 bits per heavy atom. The highest BCUT2D eigenvalue weighted by atomic mass is 19.4. The summed E-state index contributed by atoms with van der Waals surface area (Å²) in [5.41, 5.74) is 3.70. The van der Waals surface area contributed by atoms with Crippen LogP contribution in [0.15, 0.2) is 115 Å². The molecule has 0 aliphatic carbocycles. The summed E-state index contributed by atoms with van der Waals surface area (Å²) < 4.78 is 40.3. The number of alkyl halides is 3. The maximum Gasteiger partial charge on any atom is 0.416 e. The zero-order valence-corrected chi connectivity index (χ0v) is 28.7. The molecule has 4 aromatic carbocycles. The third kappa shape index (κ3) is 10.7. The van der Waals surface area contributed by atoms with E-state index >= 15 is 0 Å². The van der Waals surface area contributed by atoms with Crippen LogP contribution in [0.2, 0.25) is 0 Å². The van der Waals surface area contributed by atoms with Gasteiger partial charge in [0.25, 0.3) is 0 Å². The highest BCUT2D eigenvalue weighted by Gasteiger charge is 2.34.